The van der Waals surface area contributed by atoms with Crippen LogP contribution < -0.4 is 5.32 Å². The lowest BCUT2D eigenvalue weighted by molar-refractivity contribution is -0.137. The fourth-order valence-corrected chi connectivity index (χ4v) is 2.43. The van der Waals surface area contributed by atoms with E-state index >= 15 is 0 Å². The van der Waals surface area contributed by atoms with E-state index in [4.69, 9.17) is 5.11 Å². The molecule has 1 fully saturated rings. The molecule has 0 heterocycles. The number of anilines is 1. The van der Waals surface area contributed by atoms with Crippen molar-refractivity contribution < 1.29 is 14.7 Å². The van der Waals surface area contributed by atoms with Crippen molar-refractivity contribution in [3.05, 3.63) is 28.2 Å². The third-order valence-electron chi connectivity index (χ3n) is 3.22. The molecule has 1 saturated carbocycles. The first-order valence-corrected chi connectivity index (χ1v) is 7.29. The van der Waals surface area contributed by atoms with E-state index in [-0.39, 0.29) is 12.6 Å². The van der Waals surface area contributed by atoms with E-state index in [0.29, 0.717) is 18.2 Å². The van der Waals surface area contributed by atoms with Crippen LogP contribution in [0.15, 0.2) is 22.7 Å². The number of halogens is 1. The summed E-state index contributed by atoms with van der Waals surface area (Å²) in [5.74, 6) is -0.542. The third kappa shape index (κ3) is 4.23. The Kier molecular flexibility index (Phi) is 4.65. The molecule has 1 aliphatic carbocycles. The Hall–Kier alpha value is -1.56. The minimum Gasteiger partial charge on any atom is -0.480 e. The van der Waals surface area contributed by atoms with Gasteiger partial charge in [0.05, 0.1) is 0 Å². The number of aliphatic carboxylic acids is 1. The molecule has 2 rings (SSSR count). The van der Waals surface area contributed by atoms with Crippen LogP contribution in [0.25, 0.3) is 0 Å². The number of amides is 2. The number of rotatable bonds is 5. The summed E-state index contributed by atoms with van der Waals surface area (Å²) in [5, 5.41) is 11.7. The summed E-state index contributed by atoms with van der Waals surface area (Å²) in [7, 11) is 0. The smallest absolute Gasteiger partial charge is 0.323 e. The third-order valence-corrected chi connectivity index (χ3v) is 3.71. The molecule has 0 bridgehead atoms. The molecule has 20 heavy (non-hydrogen) atoms. The van der Waals surface area contributed by atoms with Crippen molar-refractivity contribution in [2.24, 2.45) is 5.92 Å². The molecule has 0 spiro atoms. The van der Waals surface area contributed by atoms with Crippen molar-refractivity contribution in [1.29, 1.82) is 0 Å². The van der Waals surface area contributed by atoms with E-state index in [1.807, 2.05) is 19.1 Å². The molecule has 0 aliphatic heterocycles. The predicted octanol–water partition coefficient (Wildman–Crippen LogP) is 3.09. The molecule has 2 N–H and O–H groups in total. The Bertz CT molecular complexity index is 529. The van der Waals surface area contributed by atoms with Gasteiger partial charge in [0, 0.05) is 16.7 Å². The molecule has 0 unspecified atom stereocenters. The molecule has 6 heteroatoms. The number of aryl methyl sites for hydroxylation is 1. The van der Waals surface area contributed by atoms with Gasteiger partial charge in [-0.3, -0.25) is 4.79 Å². The van der Waals surface area contributed by atoms with Crippen LogP contribution in [0.5, 0.6) is 0 Å². The Morgan fingerprint density at radius 1 is 1.45 bits per heavy atom. The van der Waals surface area contributed by atoms with Crippen molar-refractivity contribution in [3.8, 4) is 0 Å². The Morgan fingerprint density at radius 2 is 2.15 bits per heavy atom. The monoisotopic (exact) mass is 340 g/mol. The summed E-state index contributed by atoms with van der Waals surface area (Å²) in [6.45, 7) is 2.13. The first-order chi connectivity index (χ1) is 9.45. The highest BCUT2D eigenvalue weighted by molar-refractivity contribution is 9.10. The molecule has 0 radical (unpaired) electrons. The molecular formula is C14H17BrN2O3. The van der Waals surface area contributed by atoms with Crippen LogP contribution in [-0.2, 0) is 4.79 Å². The highest BCUT2D eigenvalue weighted by atomic mass is 79.9. The van der Waals surface area contributed by atoms with Crippen LogP contribution in [0.2, 0.25) is 0 Å². The predicted molar refractivity (Wildman–Crippen MR) is 79.8 cm³/mol. The summed E-state index contributed by atoms with van der Waals surface area (Å²) in [6.07, 6.45) is 2.14. The van der Waals surface area contributed by atoms with Crippen molar-refractivity contribution in [1.82, 2.24) is 4.90 Å². The second-order valence-electron chi connectivity index (χ2n) is 5.11. The van der Waals surface area contributed by atoms with E-state index < -0.39 is 5.97 Å². The van der Waals surface area contributed by atoms with Crippen LogP contribution in [0.3, 0.4) is 0 Å². The van der Waals surface area contributed by atoms with Gasteiger partial charge in [-0.25, -0.2) is 4.79 Å². The van der Waals surface area contributed by atoms with Crippen LogP contribution in [0.4, 0.5) is 10.5 Å². The van der Waals surface area contributed by atoms with E-state index in [0.717, 1.165) is 22.9 Å². The van der Waals surface area contributed by atoms with Gasteiger partial charge < -0.3 is 15.3 Å². The lowest BCUT2D eigenvalue weighted by atomic mass is 10.2. The summed E-state index contributed by atoms with van der Waals surface area (Å²) >= 11 is 3.36. The van der Waals surface area contributed by atoms with Crippen LogP contribution in [0.1, 0.15) is 18.4 Å². The van der Waals surface area contributed by atoms with E-state index in [1.54, 1.807) is 6.07 Å². The molecule has 0 saturated heterocycles. The number of carboxylic acids is 1. The van der Waals surface area contributed by atoms with E-state index in [9.17, 15) is 9.59 Å². The summed E-state index contributed by atoms with van der Waals surface area (Å²) in [6, 6.07) is 5.18. The van der Waals surface area contributed by atoms with E-state index in [1.165, 1.54) is 4.90 Å². The number of nitrogens with zero attached hydrogens (tertiary/aromatic N) is 1. The molecule has 1 aromatic rings. The topological polar surface area (TPSA) is 69.6 Å². The van der Waals surface area contributed by atoms with Crippen LogP contribution in [0, 0.1) is 12.8 Å². The van der Waals surface area contributed by atoms with Gasteiger partial charge in [0.2, 0.25) is 0 Å². The van der Waals surface area contributed by atoms with Gasteiger partial charge in [-0.05, 0) is 49.4 Å². The number of carbonyl (C=O) groups excluding carboxylic acids is 1. The van der Waals surface area contributed by atoms with Gasteiger partial charge in [0.1, 0.15) is 6.54 Å². The molecule has 0 aromatic heterocycles. The largest absolute Gasteiger partial charge is 0.480 e. The summed E-state index contributed by atoms with van der Waals surface area (Å²) in [5.41, 5.74) is 1.62. The zero-order valence-electron chi connectivity index (χ0n) is 11.2. The van der Waals surface area contributed by atoms with Gasteiger partial charge >= 0.3 is 12.0 Å². The van der Waals surface area contributed by atoms with Crippen molar-refractivity contribution >= 4 is 33.6 Å². The second-order valence-corrected chi connectivity index (χ2v) is 6.02. The molecule has 1 aliphatic rings. The number of benzene rings is 1. The van der Waals surface area contributed by atoms with Gasteiger partial charge in [0.15, 0.2) is 0 Å². The number of nitrogens with one attached hydrogen (secondary N) is 1. The fourth-order valence-electron chi connectivity index (χ4n) is 1.96. The maximum atomic E-state index is 12.2. The Morgan fingerprint density at radius 3 is 2.70 bits per heavy atom. The number of carbonyl (C=O) groups is 2. The maximum Gasteiger partial charge on any atom is 0.323 e. The highest BCUT2D eigenvalue weighted by Gasteiger charge is 2.28. The quantitative estimate of drug-likeness (QED) is 0.865. The maximum absolute atomic E-state index is 12.2. The van der Waals surface area contributed by atoms with Gasteiger partial charge in [0.25, 0.3) is 0 Å². The zero-order valence-corrected chi connectivity index (χ0v) is 12.8. The molecule has 1 aromatic carbocycles. The average molecular weight is 341 g/mol. The summed E-state index contributed by atoms with van der Waals surface area (Å²) in [4.78, 5) is 24.4. The SMILES string of the molecule is Cc1cc(Br)ccc1NC(=O)N(CC(=O)O)CC1CC1. The standard InChI is InChI=1S/C14H17BrN2O3/c1-9-6-11(15)4-5-12(9)16-14(20)17(8-13(18)19)7-10-2-3-10/h4-6,10H,2-3,7-8H2,1H3,(H,16,20)(H,18,19). The minimum absolute atomic E-state index is 0.266. The van der Waals surface area contributed by atoms with Crippen LogP contribution >= 0.6 is 15.9 Å². The zero-order chi connectivity index (χ0) is 14.7. The molecule has 2 amide bonds. The van der Waals surface area contributed by atoms with E-state index in [2.05, 4.69) is 21.2 Å². The Labute approximate surface area is 126 Å². The minimum atomic E-state index is -0.992. The highest BCUT2D eigenvalue weighted by Crippen LogP contribution is 2.30. The van der Waals surface area contributed by atoms with Crippen molar-refractivity contribution in [3.63, 3.8) is 0 Å². The Balaban J connectivity index is 2.04. The van der Waals surface area contributed by atoms with Crippen molar-refractivity contribution in [2.45, 2.75) is 19.8 Å². The first kappa shape index (κ1) is 14.8. The number of carboxylic acid groups (broad SMARTS) is 1. The van der Waals surface area contributed by atoms with Crippen molar-refractivity contribution in [2.75, 3.05) is 18.4 Å². The number of hydrogen-bond donors (Lipinski definition) is 2. The van der Waals surface area contributed by atoms with Gasteiger partial charge in [-0.1, -0.05) is 15.9 Å². The van der Waals surface area contributed by atoms with Crippen LogP contribution in [-0.4, -0.2) is 35.1 Å². The normalized spacial score (nSPS) is 13.9. The average Bonchev–Trinajstić information content (AvgIpc) is 3.15. The van der Waals surface area contributed by atoms with Gasteiger partial charge in [-0.2, -0.15) is 0 Å². The molecule has 5 nitrogen and oxygen atoms in total. The fraction of sp³-hybridized carbons (Fsp3) is 0.429. The lowest BCUT2D eigenvalue weighted by Gasteiger charge is -2.21. The number of urea groups is 1. The second kappa shape index (κ2) is 6.26. The number of hydrogen-bond acceptors (Lipinski definition) is 2. The lowest BCUT2D eigenvalue weighted by Crippen LogP contribution is -2.40. The summed E-state index contributed by atoms with van der Waals surface area (Å²) < 4.78 is 0.938. The molecule has 108 valence electrons. The first-order valence-electron chi connectivity index (χ1n) is 6.49. The molecular weight excluding hydrogens is 324 g/mol. The molecule has 0 atom stereocenters. The van der Waals surface area contributed by atoms with Gasteiger partial charge in [-0.15, -0.1) is 0 Å².